The summed E-state index contributed by atoms with van der Waals surface area (Å²) < 4.78 is 0. The third kappa shape index (κ3) is 6.55. The average Bonchev–Trinajstić information content (AvgIpc) is 2.86. The van der Waals surface area contributed by atoms with E-state index < -0.39 is 0 Å². The first kappa shape index (κ1) is 24.3. The summed E-state index contributed by atoms with van der Waals surface area (Å²) in [5.41, 5.74) is 9.04. The van der Waals surface area contributed by atoms with E-state index in [-0.39, 0.29) is 20.1 Å². The van der Waals surface area contributed by atoms with E-state index in [1.807, 2.05) is 72.9 Å². The van der Waals surface area contributed by atoms with Crippen molar-refractivity contribution in [2.45, 2.75) is 13.8 Å². The van der Waals surface area contributed by atoms with Gasteiger partial charge in [0.2, 0.25) is 0 Å². The summed E-state index contributed by atoms with van der Waals surface area (Å²) in [4.78, 5) is 8.67. The minimum Gasteiger partial charge on any atom is -0.305 e. The molecule has 33 heavy (non-hydrogen) atoms. The molecule has 0 aliphatic carbocycles. The van der Waals surface area contributed by atoms with E-state index >= 15 is 0 Å². The number of rotatable bonds is 3. The molecule has 0 fully saturated rings. The van der Waals surface area contributed by atoms with Gasteiger partial charge in [-0.15, -0.1) is 71.8 Å². The Hall–Kier alpha value is -3.39. The molecular formula is C30H24IrN2-2. The van der Waals surface area contributed by atoms with E-state index in [1.165, 1.54) is 22.3 Å². The maximum absolute atomic E-state index is 4.45. The van der Waals surface area contributed by atoms with Crippen molar-refractivity contribution >= 4 is 0 Å². The SMILES string of the molecule is Cc1ccc(-c2ccnc(-c3[c-]cccc3)c2)c(C)c1.[Ir].[c-]1ccccc1-c1ccccn1. The number of aromatic nitrogens is 2. The van der Waals surface area contributed by atoms with E-state index in [0.717, 1.165) is 22.5 Å². The quantitative estimate of drug-likeness (QED) is 0.201. The van der Waals surface area contributed by atoms with Gasteiger partial charge in [-0.3, -0.25) is 0 Å². The summed E-state index contributed by atoms with van der Waals surface area (Å²) in [6.45, 7) is 4.27. The average molecular weight is 605 g/mol. The normalized spacial score (nSPS) is 9.88. The van der Waals surface area contributed by atoms with E-state index in [9.17, 15) is 0 Å². The third-order valence-corrected chi connectivity index (χ3v) is 5.09. The fraction of sp³-hybridized carbons (Fsp3) is 0.0667. The fourth-order valence-electron chi connectivity index (χ4n) is 3.51. The Morgan fingerprint density at radius 2 is 1.27 bits per heavy atom. The zero-order chi connectivity index (χ0) is 22.2. The molecule has 3 aromatic carbocycles. The molecule has 0 aliphatic heterocycles. The Morgan fingerprint density at radius 3 is 1.88 bits per heavy atom. The van der Waals surface area contributed by atoms with Gasteiger partial charge < -0.3 is 9.97 Å². The molecule has 0 atom stereocenters. The van der Waals surface area contributed by atoms with Crippen molar-refractivity contribution in [3.63, 3.8) is 0 Å². The molecule has 0 amide bonds. The topological polar surface area (TPSA) is 25.8 Å². The molecule has 0 saturated carbocycles. The second-order valence-corrected chi connectivity index (χ2v) is 7.52. The maximum Gasteiger partial charge on any atom is 0.0166 e. The van der Waals surface area contributed by atoms with Crippen LogP contribution in [0.25, 0.3) is 33.6 Å². The first-order valence-electron chi connectivity index (χ1n) is 10.6. The zero-order valence-corrected chi connectivity index (χ0v) is 21.0. The Bertz CT molecular complexity index is 1230. The molecule has 0 N–H and O–H groups in total. The van der Waals surface area contributed by atoms with Crippen molar-refractivity contribution < 1.29 is 20.1 Å². The van der Waals surface area contributed by atoms with Gasteiger partial charge in [0.05, 0.1) is 0 Å². The summed E-state index contributed by atoms with van der Waals surface area (Å²) in [5, 5.41) is 0. The van der Waals surface area contributed by atoms with Gasteiger partial charge in [0.1, 0.15) is 0 Å². The fourth-order valence-corrected chi connectivity index (χ4v) is 3.51. The van der Waals surface area contributed by atoms with Gasteiger partial charge in [0.25, 0.3) is 0 Å². The van der Waals surface area contributed by atoms with Crippen LogP contribution in [0.15, 0.2) is 109 Å². The van der Waals surface area contributed by atoms with Gasteiger partial charge in [-0.1, -0.05) is 42.0 Å². The van der Waals surface area contributed by atoms with Crippen molar-refractivity contribution in [2.24, 2.45) is 0 Å². The first-order chi connectivity index (χ1) is 15.7. The summed E-state index contributed by atoms with van der Waals surface area (Å²) in [7, 11) is 0. The molecular weight excluding hydrogens is 581 g/mol. The maximum atomic E-state index is 4.45. The standard InChI is InChI=1S/C19H16N.C11H8N.Ir/c1-14-8-9-18(15(2)12-14)17-10-11-20-19(13-17)16-6-4-3-5-7-16;1-2-6-10(7-3-1)11-8-4-5-9-12-11;/h3-6,8-13H,1-2H3;1-6,8-9H;/q2*-1;. The van der Waals surface area contributed by atoms with Crippen LogP contribution >= 0.6 is 0 Å². The second kappa shape index (κ2) is 12.0. The molecule has 0 bridgehead atoms. The second-order valence-electron chi connectivity index (χ2n) is 7.52. The van der Waals surface area contributed by atoms with Crippen molar-refractivity contribution in [3.8, 4) is 33.6 Å². The minimum atomic E-state index is 0. The number of aryl methyl sites for hydroxylation is 2. The molecule has 0 saturated heterocycles. The molecule has 165 valence electrons. The predicted molar refractivity (Wildman–Crippen MR) is 132 cm³/mol. The summed E-state index contributed by atoms with van der Waals surface area (Å²) in [6.07, 6.45) is 3.65. The molecule has 3 heteroatoms. The molecule has 0 spiro atoms. The van der Waals surface area contributed by atoms with Crippen LogP contribution < -0.4 is 0 Å². The van der Waals surface area contributed by atoms with Gasteiger partial charge in [0, 0.05) is 32.5 Å². The van der Waals surface area contributed by atoms with Crippen molar-refractivity contribution in [1.29, 1.82) is 0 Å². The third-order valence-electron chi connectivity index (χ3n) is 5.09. The zero-order valence-electron chi connectivity index (χ0n) is 18.6. The minimum absolute atomic E-state index is 0. The molecule has 5 rings (SSSR count). The van der Waals surface area contributed by atoms with Crippen LogP contribution in [0.3, 0.4) is 0 Å². The van der Waals surface area contributed by atoms with Crippen LogP contribution in [0.4, 0.5) is 0 Å². The van der Waals surface area contributed by atoms with Crippen LogP contribution in [0.5, 0.6) is 0 Å². The predicted octanol–water partition coefficient (Wildman–Crippen LogP) is 7.38. The van der Waals surface area contributed by atoms with Gasteiger partial charge in [0.15, 0.2) is 0 Å². The Morgan fingerprint density at radius 1 is 0.606 bits per heavy atom. The Kier molecular flexibility index (Phi) is 8.83. The molecule has 0 aliphatic rings. The Balaban J connectivity index is 0.000000202. The van der Waals surface area contributed by atoms with Gasteiger partial charge in [-0.05, 0) is 54.1 Å². The van der Waals surface area contributed by atoms with E-state index in [0.29, 0.717) is 0 Å². The Labute approximate surface area is 209 Å². The van der Waals surface area contributed by atoms with Crippen molar-refractivity contribution in [3.05, 3.63) is 133 Å². The van der Waals surface area contributed by atoms with Crippen LogP contribution in [0.2, 0.25) is 0 Å². The number of nitrogens with zero attached hydrogens (tertiary/aromatic N) is 2. The number of hydrogen-bond acceptors (Lipinski definition) is 2. The molecule has 5 aromatic rings. The number of benzene rings is 3. The molecule has 1 radical (unpaired) electrons. The van der Waals surface area contributed by atoms with E-state index in [2.05, 4.69) is 66.3 Å². The largest absolute Gasteiger partial charge is 0.305 e. The molecule has 2 aromatic heterocycles. The van der Waals surface area contributed by atoms with Crippen LogP contribution in [-0.2, 0) is 20.1 Å². The monoisotopic (exact) mass is 605 g/mol. The molecule has 2 nitrogen and oxygen atoms in total. The summed E-state index contributed by atoms with van der Waals surface area (Å²) >= 11 is 0. The number of pyridine rings is 2. The van der Waals surface area contributed by atoms with Crippen LogP contribution in [0.1, 0.15) is 11.1 Å². The number of hydrogen-bond donors (Lipinski definition) is 0. The summed E-state index contributed by atoms with van der Waals surface area (Å²) in [5.74, 6) is 0. The van der Waals surface area contributed by atoms with Crippen LogP contribution in [-0.4, -0.2) is 9.97 Å². The van der Waals surface area contributed by atoms with Crippen molar-refractivity contribution in [1.82, 2.24) is 9.97 Å². The van der Waals surface area contributed by atoms with Crippen molar-refractivity contribution in [2.75, 3.05) is 0 Å². The molecule has 0 unspecified atom stereocenters. The van der Waals surface area contributed by atoms with Gasteiger partial charge >= 0.3 is 0 Å². The van der Waals surface area contributed by atoms with E-state index in [1.54, 1.807) is 6.20 Å². The van der Waals surface area contributed by atoms with Gasteiger partial charge in [-0.25, -0.2) is 0 Å². The summed E-state index contributed by atoms with van der Waals surface area (Å²) in [6, 6.07) is 38.7. The van der Waals surface area contributed by atoms with E-state index in [4.69, 9.17) is 0 Å². The van der Waals surface area contributed by atoms with Crippen LogP contribution in [0, 0.1) is 26.0 Å². The smallest absolute Gasteiger partial charge is 0.0166 e. The molecule has 2 heterocycles. The van der Waals surface area contributed by atoms with Gasteiger partial charge in [-0.2, -0.15) is 0 Å². The first-order valence-corrected chi connectivity index (χ1v) is 10.6.